The lowest BCUT2D eigenvalue weighted by Crippen LogP contribution is -2.04. The SMILES string of the molecule is c1ccc(-c2cc(-c3ccccc3)nc(-n3c4ccccc4c4cc(-c5cc6cc7c(cc6c6ccccc56)oc5ccccc57)ccc43)n2)cc1.c1ccc2c(c1)oc1cc3cc(-c4ccc5c(c4)sc4ccccc45)c4ccccc4c3cc12.c1ccc2c(c1)sc1ccc(-c3cc4cc5sc6ccccc6c5cc4c4ccccc34)cc12. The second kappa shape index (κ2) is 27.4. The van der Waals surface area contributed by atoms with Crippen molar-refractivity contribution in [2.45, 2.75) is 0 Å². The van der Waals surface area contributed by atoms with E-state index in [1.165, 1.54) is 164 Å². The molecule has 0 N–H and O–H groups in total. The molecular weight excluding hydrogens is 1520 g/mol. The lowest BCUT2D eigenvalue weighted by Gasteiger charge is -2.13. The smallest absolute Gasteiger partial charge is 0.235 e. The van der Waals surface area contributed by atoms with Gasteiger partial charge in [-0.05, 0) is 225 Å². The summed E-state index contributed by atoms with van der Waals surface area (Å²) in [7, 11) is 0. The van der Waals surface area contributed by atoms with Crippen molar-refractivity contribution in [1.82, 2.24) is 14.5 Å². The minimum absolute atomic E-state index is 0.645. The van der Waals surface area contributed by atoms with Crippen molar-refractivity contribution < 1.29 is 8.83 Å². The number of aromatic nitrogens is 3. The molecule has 120 heavy (non-hydrogen) atoms. The fraction of sp³-hybridized carbons (Fsp3) is 0. The molecule has 8 heteroatoms. The van der Waals surface area contributed by atoms with Crippen LogP contribution >= 0.6 is 34.0 Å². The van der Waals surface area contributed by atoms with Gasteiger partial charge in [0.25, 0.3) is 0 Å². The van der Waals surface area contributed by atoms with Crippen LogP contribution in [-0.2, 0) is 0 Å². The van der Waals surface area contributed by atoms with E-state index in [1.807, 2.05) is 70.4 Å². The third-order valence-corrected chi connectivity index (χ3v) is 27.9. The van der Waals surface area contributed by atoms with Gasteiger partial charge in [-0.3, -0.25) is 4.57 Å². The molecule has 0 saturated heterocycles. The zero-order chi connectivity index (χ0) is 78.6. The molecule has 7 aromatic heterocycles. The minimum atomic E-state index is 0.645. The molecule has 0 spiro atoms. The summed E-state index contributed by atoms with van der Waals surface area (Å²) >= 11 is 5.63. The van der Waals surface area contributed by atoms with Crippen LogP contribution in [0.15, 0.2) is 403 Å². The Kier molecular flexibility index (Phi) is 15.6. The number of fused-ring (bicyclic) bond motifs is 27. The maximum absolute atomic E-state index is 6.30. The summed E-state index contributed by atoms with van der Waals surface area (Å²) in [5.41, 5.74) is 17.2. The van der Waals surface area contributed by atoms with Gasteiger partial charge >= 0.3 is 0 Å². The molecule has 0 aliphatic carbocycles. The van der Waals surface area contributed by atoms with Gasteiger partial charge in [0.05, 0.1) is 22.4 Å². The molecule has 0 bridgehead atoms. The van der Waals surface area contributed by atoms with Crippen molar-refractivity contribution in [3.63, 3.8) is 0 Å². The van der Waals surface area contributed by atoms with E-state index in [0.29, 0.717) is 5.95 Å². The Bertz CT molecular complexity index is 8890. The molecule has 5 nitrogen and oxygen atoms in total. The molecule has 0 fully saturated rings. The van der Waals surface area contributed by atoms with Crippen LogP contribution in [-0.4, -0.2) is 14.5 Å². The van der Waals surface area contributed by atoms with Gasteiger partial charge in [-0.25, -0.2) is 9.97 Å². The van der Waals surface area contributed by atoms with Gasteiger partial charge in [-0.15, -0.1) is 34.0 Å². The number of hydrogen-bond donors (Lipinski definition) is 0. The maximum Gasteiger partial charge on any atom is 0.235 e. The lowest BCUT2D eigenvalue weighted by atomic mass is 9.92. The van der Waals surface area contributed by atoms with Gasteiger partial charge in [0.2, 0.25) is 5.95 Å². The molecule has 0 amide bonds. The van der Waals surface area contributed by atoms with E-state index in [4.69, 9.17) is 18.8 Å². The quantitative estimate of drug-likeness (QED) is 0.156. The van der Waals surface area contributed by atoms with Crippen LogP contribution in [0.4, 0.5) is 0 Å². The Labute approximate surface area is 699 Å². The molecular formula is C112H65N3O2S3. The molecule has 7 heterocycles. The summed E-state index contributed by atoms with van der Waals surface area (Å²) in [6, 6.07) is 142. The van der Waals surface area contributed by atoms with Gasteiger partial charge in [-0.1, -0.05) is 267 Å². The Balaban J connectivity index is 0.000000103. The van der Waals surface area contributed by atoms with E-state index in [9.17, 15) is 0 Å². The van der Waals surface area contributed by atoms with Crippen molar-refractivity contribution in [1.29, 1.82) is 0 Å². The zero-order valence-corrected chi connectivity index (χ0v) is 66.9. The predicted molar refractivity (Wildman–Crippen MR) is 515 cm³/mol. The van der Waals surface area contributed by atoms with Crippen LogP contribution in [0.1, 0.15) is 0 Å². The predicted octanol–water partition coefficient (Wildman–Crippen LogP) is 33.1. The number of thiophene rings is 3. The van der Waals surface area contributed by atoms with Crippen LogP contribution < -0.4 is 0 Å². The number of benzene rings is 20. The van der Waals surface area contributed by atoms with Crippen molar-refractivity contribution >= 4 is 225 Å². The topological polar surface area (TPSA) is 57.0 Å². The van der Waals surface area contributed by atoms with Crippen LogP contribution in [0, 0.1) is 0 Å². The second-order valence-electron chi connectivity index (χ2n) is 31.3. The standard InChI is InChI=1S/C48H29N3O.C32H18OS.C32H18S2/c1-3-13-30(14-4-1)42-29-43(31-15-5-2-6-16-31)50-48(49-42)51-44-21-11-9-19-36(44)40-25-32(23-24-45(40)51)38-26-33-27-41-37-20-10-12-22-46(37)52-47(41)28-39(33)35-18-8-7-17-34(35)38;1-2-8-22-21(7-1)26(19-13-14-25-24-10-4-6-12-31(24)34-32(25)17-19)15-20-16-30-28(18-27(20)22)23-9-3-5-11-29(23)33-30;1-2-8-22-21(7-1)25(19-13-14-31-27(15-19)23-9-3-5-11-29(23)33-31)16-20-17-32-28(18-26(20)22)24-10-4-6-12-30(24)34-32/h1-29H;2*1-18H. The van der Waals surface area contributed by atoms with E-state index < -0.39 is 0 Å². The first-order valence-electron chi connectivity index (χ1n) is 40.6. The summed E-state index contributed by atoms with van der Waals surface area (Å²) in [6.07, 6.45) is 0. The molecule has 27 rings (SSSR count). The number of furan rings is 2. The Morgan fingerprint density at radius 3 is 1.12 bits per heavy atom. The third kappa shape index (κ3) is 11.1. The van der Waals surface area contributed by atoms with E-state index in [0.717, 1.165) is 83.0 Å². The summed E-state index contributed by atoms with van der Waals surface area (Å²) < 4.78 is 22.8. The Morgan fingerprint density at radius 2 is 0.550 bits per heavy atom. The molecule has 0 radical (unpaired) electrons. The van der Waals surface area contributed by atoms with Crippen molar-refractivity contribution in [2.75, 3.05) is 0 Å². The highest BCUT2D eigenvalue weighted by Gasteiger charge is 2.23. The highest BCUT2D eigenvalue weighted by molar-refractivity contribution is 7.26. The highest BCUT2D eigenvalue weighted by Crippen LogP contribution is 2.48. The van der Waals surface area contributed by atoms with Crippen LogP contribution in [0.2, 0.25) is 0 Å². The first kappa shape index (κ1) is 68.3. The number of hydrogen-bond acceptors (Lipinski definition) is 7. The van der Waals surface area contributed by atoms with Crippen molar-refractivity contribution in [2.24, 2.45) is 0 Å². The van der Waals surface area contributed by atoms with Gasteiger partial charge < -0.3 is 8.83 Å². The normalized spacial score (nSPS) is 12.0. The maximum atomic E-state index is 6.30. The van der Waals surface area contributed by atoms with Crippen LogP contribution in [0.25, 0.3) is 253 Å². The van der Waals surface area contributed by atoms with Crippen LogP contribution in [0.5, 0.6) is 0 Å². The largest absolute Gasteiger partial charge is 0.456 e. The molecule has 0 saturated carbocycles. The third-order valence-electron chi connectivity index (χ3n) is 24.5. The first-order chi connectivity index (χ1) is 59.4. The molecule has 27 aromatic rings. The van der Waals surface area contributed by atoms with E-state index in [-0.39, 0.29) is 0 Å². The van der Waals surface area contributed by atoms with E-state index in [2.05, 4.69) is 362 Å². The van der Waals surface area contributed by atoms with E-state index in [1.54, 1.807) is 0 Å². The van der Waals surface area contributed by atoms with Gasteiger partial charge in [-0.2, -0.15) is 0 Å². The average Bonchev–Trinajstić information content (AvgIpc) is 1.52. The number of rotatable bonds is 6. The number of nitrogens with zero attached hydrogens (tertiary/aromatic N) is 3. The summed E-state index contributed by atoms with van der Waals surface area (Å²) in [6.45, 7) is 0. The Morgan fingerprint density at radius 1 is 0.183 bits per heavy atom. The van der Waals surface area contributed by atoms with Gasteiger partial charge in [0, 0.05) is 104 Å². The van der Waals surface area contributed by atoms with Crippen molar-refractivity contribution in [3.8, 4) is 61.8 Å². The summed E-state index contributed by atoms with van der Waals surface area (Å²) in [5, 5.41) is 30.1. The second-order valence-corrected chi connectivity index (χ2v) is 34.5. The summed E-state index contributed by atoms with van der Waals surface area (Å²) in [5.74, 6) is 0.645. The van der Waals surface area contributed by atoms with E-state index >= 15 is 0 Å². The fourth-order valence-electron chi connectivity index (χ4n) is 18.9. The molecule has 0 aliphatic heterocycles. The minimum Gasteiger partial charge on any atom is -0.456 e. The monoisotopic (exact) mass is 1580 g/mol. The number of para-hydroxylation sites is 3. The zero-order valence-electron chi connectivity index (χ0n) is 64.4. The van der Waals surface area contributed by atoms with Gasteiger partial charge in [0.15, 0.2) is 0 Å². The van der Waals surface area contributed by atoms with Crippen molar-refractivity contribution in [3.05, 3.63) is 394 Å². The molecule has 0 unspecified atom stereocenters. The fourth-order valence-corrected chi connectivity index (χ4v) is 22.3. The van der Waals surface area contributed by atoms with Crippen LogP contribution in [0.3, 0.4) is 0 Å². The first-order valence-corrected chi connectivity index (χ1v) is 43.1. The lowest BCUT2D eigenvalue weighted by molar-refractivity contribution is 0.669. The molecule has 0 atom stereocenters. The summed E-state index contributed by atoms with van der Waals surface area (Å²) in [4.78, 5) is 10.4. The molecule has 0 aliphatic rings. The molecule has 558 valence electrons. The Hall–Kier alpha value is -14.9. The average molecular weight is 1580 g/mol. The van der Waals surface area contributed by atoms with Gasteiger partial charge in [0.1, 0.15) is 22.3 Å². The highest BCUT2D eigenvalue weighted by atomic mass is 32.1. The molecule has 20 aromatic carbocycles.